The van der Waals surface area contributed by atoms with Crippen LogP contribution in [0.15, 0.2) is 0 Å². The first kappa shape index (κ1) is 16.4. The summed E-state index contributed by atoms with van der Waals surface area (Å²) in [6.07, 6.45) is 3.43. The molecule has 6 heteroatoms. The molecule has 0 radical (unpaired) electrons. The van der Waals surface area contributed by atoms with Crippen molar-refractivity contribution >= 4 is 5.91 Å². The van der Waals surface area contributed by atoms with Gasteiger partial charge in [0, 0.05) is 40.5 Å². The summed E-state index contributed by atoms with van der Waals surface area (Å²) < 4.78 is 13.0. The SMILES string of the molecule is CO.[2H]CC1(CO)CN(C(=O)CCCCCN)C1.[3H]OC. The Hall–Kier alpha value is -0.690. The molecule has 0 aliphatic carbocycles. The van der Waals surface area contributed by atoms with E-state index in [1.165, 1.54) is 7.11 Å². The van der Waals surface area contributed by atoms with Gasteiger partial charge in [0.25, 0.3) is 0 Å². The number of amides is 1. The lowest BCUT2D eigenvalue weighted by Gasteiger charge is -2.47. The van der Waals surface area contributed by atoms with Gasteiger partial charge >= 0.3 is 0 Å². The van der Waals surface area contributed by atoms with Crippen LogP contribution in [0.3, 0.4) is 0 Å². The fourth-order valence-corrected chi connectivity index (χ4v) is 1.80. The fourth-order valence-electron chi connectivity index (χ4n) is 1.80. The van der Waals surface area contributed by atoms with Crippen LogP contribution in [0.1, 0.15) is 34.0 Å². The molecular weight excluding hydrogens is 248 g/mol. The van der Waals surface area contributed by atoms with Gasteiger partial charge in [-0.3, -0.25) is 4.79 Å². The zero-order chi connectivity index (χ0) is 16.7. The Labute approximate surface area is 119 Å². The molecule has 19 heavy (non-hydrogen) atoms. The summed E-state index contributed by atoms with van der Waals surface area (Å²) in [5.41, 5.74) is 5.03. The highest BCUT2D eigenvalue weighted by molar-refractivity contribution is 5.77. The topological polar surface area (TPSA) is 107 Å². The second-order valence-corrected chi connectivity index (χ2v) is 4.51. The van der Waals surface area contributed by atoms with Gasteiger partial charge in [0.15, 0.2) is 0 Å². The maximum absolute atomic E-state index is 11.7. The number of rotatable bonds is 6. The maximum atomic E-state index is 11.7. The zero-order valence-corrected chi connectivity index (χ0v) is 12.1. The zero-order valence-electron chi connectivity index (χ0n) is 14.1. The molecule has 0 atom stereocenters. The van der Waals surface area contributed by atoms with E-state index < -0.39 is 0 Å². The molecule has 1 aliphatic rings. The molecule has 0 saturated carbocycles. The minimum atomic E-state index is -0.340. The van der Waals surface area contributed by atoms with E-state index in [0.717, 1.165) is 26.4 Å². The lowest BCUT2D eigenvalue weighted by molar-refractivity contribution is -0.144. The minimum Gasteiger partial charge on any atom is -0.400 e. The Balaban J connectivity index is 0. The molecule has 0 unspecified atom stereocenters. The van der Waals surface area contributed by atoms with Gasteiger partial charge in [-0.2, -0.15) is 0 Å². The van der Waals surface area contributed by atoms with E-state index in [0.29, 0.717) is 26.1 Å². The molecule has 1 saturated heterocycles. The number of aliphatic hydroxyl groups is 3. The average molecular weight is 281 g/mol. The monoisotopic (exact) mass is 281 g/mol. The fraction of sp³-hybridized carbons (Fsp3) is 0.923. The number of hydrogen-bond acceptors (Lipinski definition) is 5. The van der Waals surface area contributed by atoms with E-state index in [-0.39, 0.29) is 24.8 Å². The van der Waals surface area contributed by atoms with Crippen molar-refractivity contribution in [3.8, 4) is 0 Å². The quantitative estimate of drug-likeness (QED) is 0.494. The Kier molecular flexibility index (Phi) is 10.6. The lowest BCUT2D eigenvalue weighted by Crippen LogP contribution is -2.58. The third-order valence-corrected chi connectivity index (χ3v) is 2.84. The largest absolute Gasteiger partial charge is 0.400 e. The minimum absolute atomic E-state index is 0.00739. The molecule has 0 bridgehead atoms. The molecule has 1 aliphatic heterocycles. The summed E-state index contributed by atoms with van der Waals surface area (Å²) in [6.45, 7) is 1.98. The summed E-state index contributed by atoms with van der Waals surface area (Å²) >= 11 is 0. The number of likely N-dealkylation sites (tertiary alicyclic amines) is 1. The molecule has 0 aromatic rings. The van der Waals surface area contributed by atoms with Crippen molar-refractivity contribution in [1.82, 2.24) is 4.90 Å². The van der Waals surface area contributed by atoms with Crippen molar-refractivity contribution in [3.05, 3.63) is 0 Å². The molecule has 1 heterocycles. The average Bonchev–Trinajstić information content (AvgIpc) is 2.47. The van der Waals surface area contributed by atoms with Gasteiger partial charge in [-0.25, -0.2) is 0 Å². The van der Waals surface area contributed by atoms with Gasteiger partial charge in [0.05, 0.1) is 6.61 Å². The van der Waals surface area contributed by atoms with Gasteiger partial charge < -0.3 is 26.0 Å². The van der Waals surface area contributed by atoms with Crippen LogP contribution in [0, 0.1) is 5.41 Å². The van der Waals surface area contributed by atoms with Crippen LogP contribution >= 0.6 is 0 Å². The molecule has 1 rings (SSSR count). The van der Waals surface area contributed by atoms with Crippen LogP contribution in [-0.2, 0) is 4.79 Å². The van der Waals surface area contributed by atoms with Gasteiger partial charge in [-0.15, -0.1) is 0 Å². The third-order valence-electron chi connectivity index (χ3n) is 2.84. The molecule has 0 spiro atoms. The number of aliphatic hydroxyl groups excluding tert-OH is 3. The third kappa shape index (κ3) is 8.15. The molecule has 6 nitrogen and oxygen atoms in total. The molecule has 0 aromatic carbocycles. The van der Waals surface area contributed by atoms with Crippen LogP contribution in [-0.4, -0.2) is 68.0 Å². The number of nitrogens with zero attached hydrogens (tertiary/aromatic N) is 1. The molecular formula is C13H30N2O4. The number of carbonyl (C=O) groups excluding carboxylic acids is 1. The first-order valence-electron chi connectivity index (χ1n) is 7.52. The van der Waals surface area contributed by atoms with Crippen LogP contribution in [0.5, 0.6) is 0 Å². The highest BCUT2D eigenvalue weighted by Crippen LogP contribution is 2.29. The second-order valence-electron chi connectivity index (χ2n) is 4.51. The van der Waals surface area contributed by atoms with E-state index in [1.807, 2.05) is 0 Å². The first-order valence-corrected chi connectivity index (χ1v) is 6.41. The Bertz CT molecular complexity index is 246. The van der Waals surface area contributed by atoms with E-state index in [4.69, 9.17) is 18.7 Å². The Morgan fingerprint density at radius 3 is 2.47 bits per heavy atom. The molecule has 1 fully saturated rings. The summed E-state index contributed by atoms with van der Waals surface area (Å²) in [6, 6.07) is 0. The highest BCUT2D eigenvalue weighted by Gasteiger charge is 2.40. The number of nitrogens with two attached hydrogens (primary N) is 1. The molecule has 0 aromatic heterocycles. The first-order chi connectivity index (χ1) is 10.1. The van der Waals surface area contributed by atoms with Gasteiger partial charge in [-0.05, 0) is 19.4 Å². The van der Waals surface area contributed by atoms with Crippen LogP contribution in [0.25, 0.3) is 0 Å². The van der Waals surface area contributed by atoms with E-state index >= 15 is 0 Å². The number of hydrogen-bond donors (Lipinski definition) is 4. The van der Waals surface area contributed by atoms with E-state index in [9.17, 15) is 4.79 Å². The van der Waals surface area contributed by atoms with E-state index in [1.54, 1.807) is 4.90 Å². The predicted octanol–water partition coefficient (Wildman–Crippen LogP) is -0.437. The summed E-state index contributed by atoms with van der Waals surface area (Å²) in [5.74, 6) is 0.148. The molecule has 1 amide bonds. The van der Waals surface area contributed by atoms with Gasteiger partial charge in [-0.1, -0.05) is 13.3 Å². The second kappa shape index (κ2) is 12.3. The normalized spacial score (nSPS) is 16.8. The van der Waals surface area contributed by atoms with E-state index in [2.05, 4.69) is 5.11 Å². The van der Waals surface area contributed by atoms with Crippen molar-refractivity contribution in [2.45, 2.75) is 32.6 Å². The maximum Gasteiger partial charge on any atom is 0.222 e. The standard InChI is InChI=1S/C11H22N2O2.2CH4O/c1-11(9-14)7-13(8-11)10(15)5-3-2-4-6-12;2*1-2/h14H,2-9,12H2,1H3;2*2H,1H3/i1D;2T;. The predicted molar refractivity (Wildman–Crippen MR) is 75.6 cm³/mol. The van der Waals surface area contributed by atoms with Crippen molar-refractivity contribution in [3.63, 3.8) is 0 Å². The van der Waals surface area contributed by atoms with Gasteiger partial charge in [0.2, 0.25) is 7.34 Å². The van der Waals surface area contributed by atoms with Crippen LogP contribution in [0.4, 0.5) is 0 Å². The van der Waals surface area contributed by atoms with Gasteiger partial charge in [0.1, 0.15) is 0 Å². The smallest absolute Gasteiger partial charge is 0.222 e. The van der Waals surface area contributed by atoms with Crippen LogP contribution < -0.4 is 5.73 Å². The lowest BCUT2D eigenvalue weighted by atomic mass is 9.82. The Morgan fingerprint density at radius 2 is 2.05 bits per heavy atom. The van der Waals surface area contributed by atoms with Crippen molar-refractivity contribution in [2.24, 2.45) is 11.1 Å². The number of unbranched alkanes of at least 4 members (excludes halogenated alkanes) is 2. The van der Waals surface area contributed by atoms with Crippen molar-refractivity contribution in [1.29, 1.82) is 1.43 Å². The highest BCUT2D eigenvalue weighted by atomic mass is 16.3. The summed E-state index contributed by atoms with van der Waals surface area (Å²) in [5, 5.41) is 19.6. The summed E-state index contributed by atoms with van der Waals surface area (Å²) in [7, 11) is 2.29. The van der Waals surface area contributed by atoms with Crippen molar-refractivity contribution < 1.29 is 21.5 Å². The van der Waals surface area contributed by atoms with Crippen LogP contribution in [0.2, 0.25) is 0 Å². The molecule has 5 N–H and O–H groups in total. The number of carbonyl (C=O) groups is 1. The Morgan fingerprint density at radius 1 is 1.47 bits per heavy atom. The molecule has 116 valence electrons. The summed E-state index contributed by atoms with van der Waals surface area (Å²) in [4.78, 5) is 13.4. The van der Waals surface area contributed by atoms with Crippen molar-refractivity contribution in [2.75, 3.05) is 40.5 Å².